The van der Waals surface area contributed by atoms with Crippen molar-refractivity contribution in [2.24, 2.45) is 0 Å². The van der Waals surface area contributed by atoms with Crippen molar-refractivity contribution >= 4 is 13.3 Å². The minimum atomic E-state index is -0.214. The van der Waals surface area contributed by atoms with E-state index in [0.717, 1.165) is 5.46 Å². The van der Waals surface area contributed by atoms with Gasteiger partial charge in [0.15, 0.2) is 0 Å². The van der Waals surface area contributed by atoms with E-state index in [-0.39, 0.29) is 11.7 Å². The van der Waals surface area contributed by atoms with Crippen molar-refractivity contribution in [1.82, 2.24) is 0 Å². The molecule has 0 aliphatic carbocycles. The standard InChI is InChI=1S/C10H11BFN/c1-7(4-5-13)9-6-8(11)2-3-10(9)12/h2-3,6-7H,4,11H2,1H3. The molecule has 1 atom stereocenters. The van der Waals surface area contributed by atoms with Crippen LogP contribution in [0.1, 0.15) is 24.8 Å². The molecule has 0 saturated heterocycles. The highest BCUT2D eigenvalue weighted by atomic mass is 19.1. The molecule has 0 aromatic heterocycles. The van der Waals surface area contributed by atoms with E-state index in [9.17, 15) is 4.39 Å². The summed E-state index contributed by atoms with van der Waals surface area (Å²) in [5.74, 6) is -0.238. The molecule has 0 aliphatic heterocycles. The van der Waals surface area contributed by atoms with Gasteiger partial charge in [-0.25, -0.2) is 4.39 Å². The Kier molecular flexibility index (Phi) is 3.08. The van der Waals surface area contributed by atoms with Crippen molar-refractivity contribution < 1.29 is 4.39 Å². The van der Waals surface area contributed by atoms with Crippen LogP contribution in [0.4, 0.5) is 4.39 Å². The van der Waals surface area contributed by atoms with Gasteiger partial charge in [-0.2, -0.15) is 5.26 Å². The minimum absolute atomic E-state index is 0.0232. The maximum Gasteiger partial charge on any atom is 0.139 e. The highest BCUT2D eigenvalue weighted by Crippen LogP contribution is 2.20. The fourth-order valence-electron chi connectivity index (χ4n) is 1.29. The van der Waals surface area contributed by atoms with Gasteiger partial charge in [-0.15, -0.1) is 0 Å². The zero-order valence-electron chi connectivity index (χ0n) is 7.84. The first-order valence-corrected chi connectivity index (χ1v) is 4.28. The molecule has 0 saturated carbocycles. The van der Waals surface area contributed by atoms with Gasteiger partial charge in [0, 0.05) is 6.42 Å². The molecule has 0 radical (unpaired) electrons. The van der Waals surface area contributed by atoms with E-state index < -0.39 is 0 Å². The lowest BCUT2D eigenvalue weighted by Gasteiger charge is -2.09. The third-order valence-corrected chi connectivity index (χ3v) is 2.08. The molecule has 0 bridgehead atoms. The van der Waals surface area contributed by atoms with Crippen molar-refractivity contribution in [3.8, 4) is 6.07 Å². The highest BCUT2D eigenvalue weighted by Gasteiger charge is 2.09. The summed E-state index contributed by atoms with van der Waals surface area (Å²) in [6, 6.07) is 7.04. The molecule has 0 heterocycles. The Morgan fingerprint density at radius 3 is 2.92 bits per heavy atom. The molecule has 3 heteroatoms. The average Bonchev–Trinajstić information content (AvgIpc) is 2.09. The molecule has 0 fully saturated rings. The predicted octanol–water partition coefficient (Wildman–Crippen LogP) is 1.10. The summed E-state index contributed by atoms with van der Waals surface area (Å²) in [5, 5.41) is 8.49. The summed E-state index contributed by atoms with van der Waals surface area (Å²) >= 11 is 0. The van der Waals surface area contributed by atoms with Crippen LogP contribution in [0.3, 0.4) is 0 Å². The van der Waals surface area contributed by atoms with E-state index in [1.807, 2.05) is 20.8 Å². The molecular weight excluding hydrogens is 164 g/mol. The Hall–Kier alpha value is -1.30. The van der Waals surface area contributed by atoms with E-state index in [0.29, 0.717) is 12.0 Å². The Morgan fingerprint density at radius 1 is 1.62 bits per heavy atom. The van der Waals surface area contributed by atoms with Gasteiger partial charge in [-0.3, -0.25) is 0 Å². The summed E-state index contributed by atoms with van der Waals surface area (Å²) in [6.07, 6.45) is 0.361. The molecule has 1 aromatic rings. The highest BCUT2D eigenvalue weighted by molar-refractivity contribution is 6.32. The number of nitrogens with zero attached hydrogens (tertiary/aromatic N) is 1. The summed E-state index contributed by atoms with van der Waals surface area (Å²) in [4.78, 5) is 0. The molecule has 1 rings (SSSR count). The van der Waals surface area contributed by atoms with E-state index >= 15 is 0 Å². The fraction of sp³-hybridized carbons (Fsp3) is 0.300. The second-order valence-electron chi connectivity index (χ2n) is 3.29. The number of nitriles is 1. The Bertz CT molecular complexity index is 343. The van der Waals surface area contributed by atoms with Crippen LogP contribution in [0.15, 0.2) is 18.2 Å². The lowest BCUT2D eigenvalue weighted by atomic mass is 9.89. The maximum atomic E-state index is 13.2. The number of rotatable bonds is 2. The van der Waals surface area contributed by atoms with Crippen LogP contribution in [0, 0.1) is 17.1 Å². The fourth-order valence-corrected chi connectivity index (χ4v) is 1.29. The summed E-state index contributed by atoms with van der Waals surface area (Å²) in [6.45, 7) is 1.86. The zero-order chi connectivity index (χ0) is 9.84. The third-order valence-electron chi connectivity index (χ3n) is 2.08. The van der Waals surface area contributed by atoms with Crippen molar-refractivity contribution in [1.29, 1.82) is 5.26 Å². The second kappa shape index (κ2) is 4.09. The van der Waals surface area contributed by atoms with E-state index in [1.165, 1.54) is 6.07 Å². The molecule has 66 valence electrons. The average molecular weight is 175 g/mol. The second-order valence-corrected chi connectivity index (χ2v) is 3.29. The van der Waals surface area contributed by atoms with Gasteiger partial charge in [-0.05, 0) is 17.5 Å². The van der Waals surface area contributed by atoms with E-state index in [4.69, 9.17) is 5.26 Å². The zero-order valence-corrected chi connectivity index (χ0v) is 7.84. The molecular formula is C10H11BFN. The van der Waals surface area contributed by atoms with Gasteiger partial charge >= 0.3 is 0 Å². The Labute approximate surface area is 78.6 Å². The summed E-state index contributed by atoms with van der Waals surface area (Å²) in [5.41, 5.74) is 1.67. The third kappa shape index (κ3) is 2.32. The summed E-state index contributed by atoms with van der Waals surface area (Å²) < 4.78 is 13.2. The SMILES string of the molecule is Bc1ccc(F)c(C(C)CC#N)c1. The van der Waals surface area contributed by atoms with Crippen LogP contribution in [-0.4, -0.2) is 7.85 Å². The van der Waals surface area contributed by atoms with Crippen molar-refractivity contribution in [2.45, 2.75) is 19.3 Å². The Morgan fingerprint density at radius 2 is 2.31 bits per heavy atom. The summed E-state index contributed by atoms with van der Waals surface area (Å²) in [7, 11) is 1.92. The van der Waals surface area contributed by atoms with E-state index in [1.54, 1.807) is 12.1 Å². The predicted molar refractivity (Wildman–Crippen MR) is 53.2 cm³/mol. The largest absolute Gasteiger partial charge is 0.207 e. The minimum Gasteiger partial charge on any atom is -0.207 e. The molecule has 0 spiro atoms. The van der Waals surface area contributed by atoms with E-state index in [2.05, 4.69) is 0 Å². The van der Waals surface area contributed by atoms with Crippen LogP contribution >= 0.6 is 0 Å². The first-order chi connectivity index (χ1) is 6.15. The normalized spacial score (nSPS) is 12.1. The maximum absolute atomic E-state index is 13.2. The van der Waals surface area contributed by atoms with Crippen molar-refractivity contribution in [3.05, 3.63) is 29.6 Å². The molecule has 0 amide bonds. The van der Waals surface area contributed by atoms with Crippen LogP contribution in [0.25, 0.3) is 0 Å². The molecule has 0 aliphatic rings. The first-order valence-electron chi connectivity index (χ1n) is 4.28. The lowest BCUT2D eigenvalue weighted by Crippen LogP contribution is -2.07. The molecule has 13 heavy (non-hydrogen) atoms. The van der Waals surface area contributed by atoms with Gasteiger partial charge in [0.1, 0.15) is 13.7 Å². The first kappa shape index (κ1) is 9.79. The van der Waals surface area contributed by atoms with Crippen LogP contribution in [-0.2, 0) is 0 Å². The molecule has 0 N–H and O–H groups in total. The molecule has 1 unspecified atom stereocenters. The van der Waals surface area contributed by atoms with Gasteiger partial charge in [-0.1, -0.05) is 24.5 Å². The van der Waals surface area contributed by atoms with Crippen molar-refractivity contribution in [2.75, 3.05) is 0 Å². The van der Waals surface area contributed by atoms with Crippen LogP contribution in [0.5, 0.6) is 0 Å². The quantitative estimate of drug-likeness (QED) is 0.617. The van der Waals surface area contributed by atoms with Gasteiger partial charge < -0.3 is 0 Å². The van der Waals surface area contributed by atoms with Gasteiger partial charge in [0.25, 0.3) is 0 Å². The van der Waals surface area contributed by atoms with Gasteiger partial charge in [0.2, 0.25) is 0 Å². The number of hydrogen-bond donors (Lipinski definition) is 0. The van der Waals surface area contributed by atoms with Crippen LogP contribution in [0.2, 0.25) is 0 Å². The monoisotopic (exact) mass is 175 g/mol. The number of hydrogen-bond acceptors (Lipinski definition) is 1. The smallest absolute Gasteiger partial charge is 0.139 e. The lowest BCUT2D eigenvalue weighted by molar-refractivity contribution is 0.592. The number of halogens is 1. The topological polar surface area (TPSA) is 23.8 Å². The number of benzene rings is 1. The van der Waals surface area contributed by atoms with Crippen LogP contribution < -0.4 is 5.46 Å². The van der Waals surface area contributed by atoms with Gasteiger partial charge in [0.05, 0.1) is 6.07 Å². The van der Waals surface area contributed by atoms with Crippen molar-refractivity contribution in [3.63, 3.8) is 0 Å². The Balaban J connectivity index is 3.00. The molecule has 1 nitrogen and oxygen atoms in total. The molecule has 1 aromatic carbocycles.